The fourth-order valence-corrected chi connectivity index (χ4v) is 2.30. The summed E-state index contributed by atoms with van der Waals surface area (Å²) in [6.45, 7) is 2.10. The summed E-state index contributed by atoms with van der Waals surface area (Å²) >= 11 is 5.77. The van der Waals surface area contributed by atoms with Crippen molar-refractivity contribution in [2.75, 3.05) is 12.4 Å². The van der Waals surface area contributed by atoms with Crippen LogP contribution in [0.1, 0.15) is 18.9 Å². The summed E-state index contributed by atoms with van der Waals surface area (Å²) in [4.78, 5) is 0. The molecular weight excluding hydrogens is 289 g/mol. The Morgan fingerprint density at radius 3 is 2.52 bits per heavy atom. The highest BCUT2D eigenvalue weighted by Crippen LogP contribution is 2.21. The SMILES string of the molecule is COc1ccc(CC[C@@H](C)Nc2ccc(F)c(Cl)c2)cc1. The fourth-order valence-electron chi connectivity index (χ4n) is 2.12. The highest BCUT2D eigenvalue weighted by atomic mass is 35.5. The molecule has 0 saturated carbocycles. The number of methoxy groups -OCH3 is 1. The Hall–Kier alpha value is -1.74. The molecule has 0 amide bonds. The van der Waals surface area contributed by atoms with Crippen molar-refractivity contribution in [2.24, 2.45) is 0 Å². The molecule has 0 aliphatic heterocycles. The smallest absolute Gasteiger partial charge is 0.141 e. The van der Waals surface area contributed by atoms with E-state index in [0.717, 1.165) is 24.3 Å². The van der Waals surface area contributed by atoms with Crippen LogP contribution >= 0.6 is 11.6 Å². The quantitative estimate of drug-likeness (QED) is 0.817. The third kappa shape index (κ3) is 4.64. The highest BCUT2D eigenvalue weighted by Gasteiger charge is 2.05. The zero-order valence-corrected chi connectivity index (χ0v) is 13.0. The van der Waals surface area contributed by atoms with Gasteiger partial charge < -0.3 is 10.1 Å². The normalized spacial score (nSPS) is 12.0. The van der Waals surface area contributed by atoms with Gasteiger partial charge in [-0.05, 0) is 55.7 Å². The molecule has 0 bridgehead atoms. The number of halogens is 2. The van der Waals surface area contributed by atoms with E-state index < -0.39 is 5.82 Å². The molecule has 0 saturated heterocycles. The molecule has 1 N–H and O–H groups in total. The van der Waals surface area contributed by atoms with Gasteiger partial charge in [-0.15, -0.1) is 0 Å². The van der Waals surface area contributed by atoms with Crippen molar-refractivity contribution >= 4 is 17.3 Å². The summed E-state index contributed by atoms with van der Waals surface area (Å²) in [7, 11) is 1.66. The maximum atomic E-state index is 13.1. The molecule has 112 valence electrons. The van der Waals surface area contributed by atoms with Crippen molar-refractivity contribution in [2.45, 2.75) is 25.8 Å². The van der Waals surface area contributed by atoms with Gasteiger partial charge in [0.25, 0.3) is 0 Å². The van der Waals surface area contributed by atoms with Crippen LogP contribution in [0.25, 0.3) is 0 Å². The molecule has 2 aromatic rings. The van der Waals surface area contributed by atoms with Gasteiger partial charge in [0, 0.05) is 11.7 Å². The van der Waals surface area contributed by atoms with E-state index in [1.54, 1.807) is 19.2 Å². The first kappa shape index (κ1) is 15.6. The van der Waals surface area contributed by atoms with Crippen molar-refractivity contribution in [3.8, 4) is 5.75 Å². The molecule has 0 aliphatic rings. The number of aryl methyl sites for hydroxylation is 1. The van der Waals surface area contributed by atoms with E-state index in [0.29, 0.717) is 0 Å². The Bertz CT molecular complexity index is 586. The second kappa shape index (κ2) is 7.32. The molecule has 4 heteroatoms. The Kier molecular flexibility index (Phi) is 5.45. The standard InChI is InChI=1S/C17H19ClFNO/c1-12(20-14-7-10-17(19)16(18)11-14)3-4-13-5-8-15(21-2)9-6-13/h5-12,20H,3-4H2,1-2H3/t12-/m1/s1. The van der Waals surface area contributed by atoms with Gasteiger partial charge in [-0.1, -0.05) is 23.7 Å². The molecule has 0 fully saturated rings. The summed E-state index contributed by atoms with van der Waals surface area (Å²) in [5.74, 6) is 0.471. The van der Waals surface area contributed by atoms with Gasteiger partial charge in [-0.3, -0.25) is 0 Å². The van der Waals surface area contributed by atoms with Crippen LogP contribution in [-0.4, -0.2) is 13.2 Å². The van der Waals surface area contributed by atoms with Gasteiger partial charge in [0.15, 0.2) is 0 Å². The Labute approximate surface area is 129 Å². The molecule has 0 heterocycles. The molecule has 2 rings (SSSR count). The number of benzene rings is 2. The summed E-state index contributed by atoms with van der Waals surface area (Å²) < 4.78 is 18.2. The summed E-state index contributed by atoms with van der Waals surface area (Å²) in [6, 6.07) is 13.0. The maximum Gasteiger partial charge on any atom is 0.141 e. The van der Waals surface area contributed by atoms with Crippen molar-refractivity contribution in [3.63, 3.8) is 0 Å². The molecule has 1 atom stereocenters. The number of hydrogen-bond acceptors (Lipinski definition) is 2. The van der Waals surface area contributed by atoms with Gasteiger partial charge in [-0.2, -0.15) is 0 Å². The predicted molar refractivity (Wildman–Crippen MR) is 85.8 cm³/mol. The lowest BCUT2D eigenvalue weighted by atomic mass is 10.1. The summed E-state index contributed by atoms with van der Waals surface area (Å²) in [6.07, 6.45) is 1.94. The zero-order valence-electron chi connectivity index (χ0n) is 12.2. The van der Waals surface area contributed by atoms with E-state index in [9.17, 15) is 4.39 Å². The maximum absolute atomic E-state index is 13.1. The average molecular weight is 308 g/mol. The Balaban J connectivity index is 1.86. The lowest BCUT2D eigenvalue weighted by Gasteiger charge is -2.15. The van der Waals surface area contributed by atoms with Crippen molar-refractivity contribution in [1.82, 2.24) is 0 Å². The minimum atomic E-state index is -0.395. The largest absolute Gasteiger partial charge is 0.497 e. The Morgan fingerprint density at radius 2 is 1.90 bits per heavy atom. The molecule has 0 radical (unpaired) electrons. The zero-order chi connectivity index (χ0) is 15.2. The first-order valence-corrected chi connectivity index (χ1v) is 7.31. The van der Waals surface area contributed by atoms with Crippen LogP contribution in [0.3, 0.4) is 0 Å². The van der Waals surface area contributed by atoms with Crippen LogP contribution < -0.4 is 10.1 Å². The molecule has 0 aromatic heterocycles. The number of rotatable bonds is 6. The van der Waals surface area contributed by atoms with E-state index in [2.05, 4.69) is 24.4 Å². The van der Waals surface area contributed by atoms with Gasteiger partial charge in [0.1, 0.15) is 11.6 Å². The van der Waals surface area contributed by atoms with Crippen LogP contribution in [0.15, 0.2) is 42.5 Å². The van der Waals surface area contributed by atoms with Crippen LogP contribution in [0.4, 0.5) is 10.1 Å². The molecule has 0 unspecified atom stereocenters. The minimum absolute atomic E-state index is 0.141. The van der Waals surface area contributed by atoms with E-state index in [1.165, 1.54) is 11.6 Å². The lowest BCUT2D eigenvalue weighted by molar-refractivity contribution is 0.414. The average Bonchev–Trinajstić information content (AvgIpc) is 2.49. The summed E-state index contributed by atoms with van der Waals surface area (Å²) in [5, 5.41) is 3.47. The van der Waals surface area contributed by atoms with E-state index in [-0.39, 0.29) is 11.1 Å². The van der Waals surface area contributed by atoms with Crippen LogP contribution in [0.5, 0.6) is 5.75 Å². The number of hydrogen-bond donors (Lipinski definition) is 1. The molecule has 2 aromatic carbocycles. The highest BCUT2D eigenvalue weighted by molar-refractivity contribution is 6.31. The van der Waals surface area contributed by atoms with E-state index in [1.807, 2.05) is 12.1 Å². The minimum Gasteiger partial charge on any atom is -0.497 e. The Morgan fingerprint density at radius 1 is 1.19 bits per heavy atom. The van der Waals surface area contributed by atoms with Gasteiger partial charge in [0.2, 0.25) is 0 Å². The molecule has 21 heavy (non-hydrogen) atoms. The van der Waals surface area contributed by atoms with Gasteiger partial charge >= 0.3 is 0 Å². The van der Waals surface area contributed by atoms with Gasteiger partial charge in [0.05, 0.1) is 12.1 Å². The molecule has 0 spiro atoms. The van der Waals surface area contributed by atoms with Crippen molar-refractivity contribution in [1.29, 1.82) is 0 Å². The van der Waals surface area contributed by atoms with Crippen LogP contribution in [0.2, 0.25) is 5.02 Å². The lowest BCUT2D eigenvalue weighted by Crippen LogP contribution is -2.16. The second-order valence-electron chi connectivity index (χ2n) is 5.06. The molecular formula is C17H19ClFNO. The van der Waals surface area contributed by atoms with Gasteiger partial charge in [-0.25, -0.2) is 4.39 Å². The first-order chi connectivity index (χ1) is 10.1. The van der Waals surface area contributed by atoms with Crippen LogP contribution in [0, 0.1) is 5.82 Å². The number of anilines is 1. The third-order valence-corrected chi connectivity index (χ3v) is 3.65. The summed E-state index contributed by atoms with van der Waals surface area (Å²) in [5.41, 5.74) is 2.10. The number of ether oxygens (including phenoxy) is 1. The molecule has 2 nitrogen and oxygen atoms in total. The van der Waals surface area contributed by atoms with Crippen molar-refractivity contribution in [3.05, 3.63) is 58.9 Å². The van der Waals surface area contributed by atoms with E-state index >= 15 is 0 Å². The molecule has 0 aliphatic carbocycles. The second-order valence-corrected chi connectivity index (χ2v) is 5.47. The van der Waals surface area contributed by atoms with E-state index in [4.69, 9.17) is 16.3 Å². The topological polar surface area (TPSA) is 21.3 Å². The van der Waals surface area contributed by atoms with Crippen molar-refractivity contribution < 1.29 is 9.13 Å². The monoisotopic (exact) mass is 307 g/mol. The predicted octanol–water partition coefficient (Wildman–Crippen LogP) is 4.92. The number of nitrogens with one attached hydrogen (secondary N) is 1. The van der Waals surface area contributed by atoms with Crippen LogP contribution in [-0.2, 0) is 6.42 Å². The fraction of sp³-hybridized carbons (Fsp3) is 0.294. The first-order valence-electron chi connectivity index (χ1n) is 6.93. The third-order valence-electron chi connectivity index (χ3n) is 3.36.